The molecule has 1 aliphatic heterocycles. The van der Waals surface area contributed by atoms with Crippen molar-refractivity contribution in [3.63, 3.8) is 0 Å². The highest BCUT2D eigenvalue weighted by Crippen LogP contribution is 2.20. The van der Waals surface area contributed by atoms with Gasteiger partial charge in [0.15, 0.2) is 0 Å². The number of carbonyl (C=O) groups is 2. The van der Waals surface area contributed by atoms with E-state index in [-0.39, 0.29) is 12.4 Å². The second-order valence-corrected chi connectivity index (χ2v) is 5.01. The van der Waals surface area contributed by atoms with Gasteiger partial charge in [0.25, 0.3) is 5.78 Å². The first-order valence-corrected chi connectivity index (χ1v) is 6.98. The predicted octanol–water partition coefficient (Wildman–Crippen LogP) is 2.65. The molecule has 0 saturated carbocycles. The second-order valence-electron chi connectivity index (χ2n) is 5.01. The van der Waals surface area contributed by atoms with E-state index < -0.39 is 11.6 Å². The van der Waals surface area contributed by atoms with Gasteiger partial charge in [-0.3, -0.25) is 19.6 Å². The molecule has 2 aromatic carbocycles. The van der Waals surface area contributed by atoms with E-state index in [0.29, 0.717) is 11.3 Å². The summed E-state index contributed by atoms with van der Waals surface area (Å²) < 4.78 is 0. The minimum Gasteiger partial charge on any atom is -0.285 e. The molecule has 0 bridgehead atoms. The quantitative estimate of drug-likeness (QED) is 0.700. The number of fused-ring (bicyclic) bond motifs is 3. The van der Waals surface area contributed by atoms with Gasteiger partial charge in [-0.1, -0.05) is 60.2 Å². The van der Waals surface area contributed by atoms with E-state index in [9.17, 15) is 9.59 Å². The van der Waals surface area contributed by atoms with Crippen LogP contribution in [0.2, 0.25) is 0 Å². The lowest BCUT2D eigenvalue weighted by Gasteiger charge is -2.14. The van der Waals surface area contributed by atoms with E-state index in [0.717, 1.165) is 5.56 Å². The summed E-state index contributed by atoms with van der Waals surface area (Å²) in [6, 6.07) is 17.3. The van der Waals surface area contributed by atoms with Crippen LogP contribution in [0.4, 0.5) is 0 Å². The maximum atomic E-state index is 11.7. The Morgan fingerprint density at radius 2 is 1.32 bits per heavy atom. The molecule has 4 rings (SSSR count). The lowest BCUT2D eigenvalue weighted by molar-refractivity contribution is -0.109. The minimum atomic E-state index is -0.537. The molecule has 0 spiro atoms. The monoisotopic (exact) mass is 290 g/mol. The zero-order chi connectivity index (χ0) is 15.5. The van der Waals surface area contributed by atoms with Gasteiger partial charge < -0.3 is 0 Å². The van der Waals surface area contributed by atoms with Crippen LogP contribution in [-0.4, -0.2) is 29.7 Å². The molecule has 22 heavy (non-hydrogen) atoms. The van der Waals surface area contributed by atoms with Crippen LogP contribution in [0.15, 0.2) is 64.6 Å². The molecule has 108 valence electrons. The van der Waals surface area contributed by atoms with Crippen LogP contribution in [0.1, 0.15) is 21.5 Å². The molecule has 0 amide bonds. The van der Waals surface area contributed by atoms with Crippen LogP contribution in [-0.2, 0) is 4.79 Å². The van der Waals surface area contributed by atoms with Gasteiger partial charge >= 0.3 is 0 Å². The zero-order valence-electron chi connectivity index (χ0n) is 12.1. The van der Waals surface area contributed by atoms with Crippen molar-refractivity contribution in [2.75, 3.05) is 6.67 Å². The number of ketones is 2. The first-order chi connectivity index (χ1) is 10.7. The molecule has 2 aliphatic rings. The Bertz CT molecular complexity index is 805. The number of carbonyl (C=O) groups excluding carboxylic acids is 2. The van der Waals surface area contributed by atoms with Gasteiger partial charge in [0, 0.05) is 11.1 Å². The predicted molar refractivity (Wildman–Crippen MR) is 85.8 cm³/mol. The fourth-order valence-corrected chi connectivity index (χ4v) is 2.37. The molecule has 0 atom stereocenters. The second kappa shape index (κ2) is 5.85. The molecule has 0 fully saturated rings. The van der Waals surface area contributed by atoms with Gasteiger partial charge in [-0.25, -0.2) is 0 Å². The number of rotatable bonds is 0. The number of Topliss-reactive ketones (excluding diaryl/α,β-unsaturated/α-hetero) is 2. The highest BCUT2D eigenvalue weighted by Gasteiger charge is 2.36. The standard InChI is InChI=1S/C11H6N2O2.C7H8/c14-10-7-4-2-1-3-6(7)8-9(11(10)15)13-5-12-8;1-7-5-3-2-4-6-7/h1-4H,5H2;2-6H,1H3. The van der Waals surface area contributed by atoms with Gasteiger partial charge in [0.05, 0.1) is 5.71 Å². The third-order valence-corrected chi connectivity index (χ3v) is 3.47. The minimum absolute atomic E-state index is 0.221. The average molecular weight is 290 g/mol. The Balaban J connectivity index is 0.000000174. The van der Waals surface area contributed by atoms with Crippen LogP contribution in [0.25, 0.3) is 0 Å². The maximum absolute atomic E-state index is 11.7. The third-order valence-electron chi connectivity index (χ3n) is 3.47. The van der Waals surface area contributed by atoms with Gasteiger partial charge in [0.1, 0.15) is 12.4 Å². The Kier molecular flexibility index (Phi) is 3.74. The molecular weight excluding hydrogens is 276 g/mol. The van der Waals surface area contributed by atoms with Gasteiger partial charge in [-0.05, 0) is 6.92 Å². The van der Waals surface area contributed by atoms with Crippen molar-refractivity contribution in [3.05, 3.63) is 71.3 Å². The van der Waals surface area contributed by atoms with Crippen LogP contribution in [0.3, 0.4) is 0 Å². The van der Waals surface area contributed by atoms with Crippen molar-refractivity contribution in [1.29, 1.82) is 0 Å². The summed E-state index contributed by atoms with van der Waals surface area (Å²) in [5, 5.41) is 0. The Hall–Kier alpha value is -2.88. The highest BCUT2D eigenvalue weighted by molar-refractivity contribution is 6.87. The smallest absolute Gasteiger partial charge is 0.253 e. The third kappa shape index (κ3) is 2.51. The number of hydrogen-bond acceptors (Lipinski definition) is 4. The van der Waals surface area contributed by atoms with Crippen molar-refractivity contribution >= 4 is 23.0 Å². The average Bonchev–Trinajstić information content (AvgIpc) is 3.04. The van der Waals surface area contributed by atoms with Gasteiger partial charge in [-0.15, -0.1) is 0 Å². The topological polar surface area (TPSA) is 58.9 Å². The molecule has 2 aromatic rings. The fourth-order valence-electron chi connectivity index (χ4n) is 2.37. The van der Waals surface area contributed by atoms with Crippen LogP contribution >= 0.6 is 0 Å². The van der Waals surface area contributed by atoms with E-state index in [4.69, 9.17) is 0 Å². The van der Waals surface area contributed by atoms with E-state index in [1.54, 1.807) is 18.2 Å². The van der Waals surface area contributed by atoms with Gasteiger partial charge in [0.2, 0.25) is 5.78 Å². The molecule has 0 aromatic heterocycles. The number of benzene rings is 2. The lowest BCUT2D eigenvalue weighted by atomic mass is 9.87. The summed E-state index contributed by atoms with van der Waals surface area (Å²) in [4.78, 5) is 31.3. The largest absolute Gasteiger partial charge is 0.285 e. The SMILES string of the molecule is Cc1ccccc1.O=C1C(=O)c2ccccc2C2=NCN=C12. The number of aryl methyl sites for hydroxylation is 1. The number of hydrogen-bond donors (Lipinski definition) is 0. The van der Waals surface area contributed by atoms with E-state index >= 15 is 0 Å². The Morgan fingerprint density at radius 3 is 1.95 bits per heavy atom. The summed E-state index contributed by atoms with van der Waals surface area (Å²) in [5.41, 5.74) is 3.26. The maximum Gasteiger partial charge on any atom is 0.253 e. The van der Waals surface area contributed by atoms with E-state index in [2.05, 4.69) is 29.0 Å². The summed E-state index contributed by atoms with van der Waals surface area (Å²) >= 11 is 0. The zero-order valence-corrected chi connectivity index (χ0v) is 12.1. The molecule has 1 aliphatic carbocycles. The molecule has 0 radical (unpaired) electrons. The summed E-state index contributed by atoms with van der Waals surface area (Å²) in [5.74, 6) is -1.02. The first kappa shape index (κ1) is 14.1. The molecule has 0 unspecified atom stereocenters. The molecule has 4 heteroatoms. The van der Waals surface area contributed by atoms with E-state index in [1.807, 2.05) is 24.3 Å². The Labute approximate surface area is 128 Å². The Morgan fingerprint density at radius 1 is 0.727 bits per heavy atom. The van der Waals surface area contributed by atoms with Crippen molar-refractivity contribution in [2.24, 2.45) is 9.98 Å². The van der Waals surface area contributed by atoms with Crippen molar-refractivity contribution in [1.82, 2.24) is 0 Å². The van der Waals surface area contributed by atoms with Gasteiger partial charge in [-0.2, -0.15) is 0 Å². The summed E-state index contributed by atoms with van der Waals surface area (Å²) in [6.07, 6.45) is 0. The molecular formula is C18H14N2O2. The molecule has 1 heterocycles. The number of aliphatic imine (C=N–C) groups is 2. The van der Waals surface area contributed by atoms with Crippen LogP contribution in [0, 0.1) is 6.92 Å². The summed E-state index contributed by atoms with van der Waals surface area (Å²) in [7, 11) is 0. The van der Waals surface area contributed by atoms with Crippen molar-refractivity contribution in [2.45, 2.75) is 6.92 Å². The molecule has 4 nitrogen and oxygen atoms in total. The molecule has 0 N–H and O–H groups in total. The molecule has 0 saturated heterocycles. The summed E-state index contributed by atoms with van der Waals surface area (Å²) in [6.45, 7) is 2.33. The normalized spacial score (nSPS) is 15.1. The lowest BCUT2D eigenvalue weighted by Crippen LogP contribution is -2.36. The fraction of sp³-hybridized carbons (Fsp3) is 0.111. The van der Waals surface area contributed by atoms with Crippen LogP contribution in [0.5, 0.6) is 0 Å². The van der Waals surface area contributed by atoms with Crippen molar-refractivity contribution in [3.8, 4) is 0 Å². The number of nitrogens with zero attached hydrogens (tertiary/aromatic N) is 2. The van der Waals surface area contributed by atoms with Crippen molar-refractivity contribution < 1.29 is 9.59 Å². The highest BCUT2D eigenvalue weighted by atomic mass is 16.2. The van der Waals surface area contributed by atoms with Crippen LogP contribution < -0.4 is 0 Å². The first-order valence-electron chi connectivity index (χ1n) is 6.98. The van der Waals surface area contributed by atoms with E-state index in [1.165, 1.54) is 5.56 Å².